The molecule has 4 nitrogen and oxygen atoms in total. The number of anilines is 3. The Morgan fingerprint density at radius 3 is 2.33 bits per heavy atom. The van der Waals surface area contributed by atoms with E-state index in [0.29, 0.717) is 24.0 Å². The van der Waals surface area contributed by atoms with Gasteiger partial charge in [0.15, 0.2) is 0 Å². The van der Waals surface area contributed by atoms with E-state index in [4.69, 9.17) is 0 Å². The minimum atomic E-state index is -4.45. The van der Waals surface area contributed by atoms with Crippen LogP contribution in [0.4, 0.5) is 30.6 Å². The van der Waals surface area contributed by atoms with E-state index in [1.165, 1.54) is 17.7 Å². The SMILES string of the molecule is Cc1ccc(CNc2nc(C)cc(Nc3ccccc3C(F)(F)F)n2)cc1. The summed E-state index contributed by atoms with van der Waals surface area (Å²) in [6, 6.07) is 14.9. The second kappa shape index (κ2) is 7.65. The molecule has 0 aliphatic rings. The van der Waals surface area contributed by atoms with Crippen LogP contribution in [0.15, 0.2) is 54.6 Å². The van der Waals surface area contributed by atoms with Gasteiger partial charge in [0, 0.05) is 18.3 Å². The van der Waals surface area contributed by atoms with Crippen molar-refractivity contribution in [3.05, 3.63) is 77.0 Å². The molecule has 7 heteroatoms. The van der Waals surface area contributed by atoms with Crippen LogP contribution in [0.5, 0.6) is 0 Å². The molecule has 2 aromatic carbocycles. The minimum Gasteiger partial charge on any atom is -0.350 e. The molecule has 3 aromatic rings. The van der Waals surface area contributed by atoms with Gasteiger partial charge in [-0.1, -0.05) is 42.0 Å². The van der Waals surface area contributed by atoms with E-state index in [1.54, 1.807) is 19.1 Å². The fourth-order valence-corrected chi connectivity index (χ4v) is 2.58. The highest BCUT2D eigenvalue weighted by atomic mass is 19.4. The average Bonchev–Trinajstić information content (AvgIpc) is 2.60. The molecule has 0 bridgehead atoms. The number of para-hydroxylation sites is 1. The van der Waals surface area contributed by atoms with E-state index >= 15 is 0 Å². The van der Waals surface area contributed by atoms with Crippen LogP contribution in [0.25, 0.3) is 0 Å². The molecule has 2 N–H and O–H groups in total. The summed E-state index contributed by atoms with van der Waals surface area (Å²) in [6.07, 6.45) is -4.45. The number of nitrogens with zero attached hydrogens (tertiary/aromatic N) is 2. The third-order valence-corrected chi connectivity index (χ3v) is 3.92. The van der Waals surface area contributed by atoms with Crippen LogP contribution in [-0.4, -0.2) is 9.97 Å². The quantitative estimate of drug-likeness (QED) is 0.624. The van der Waals surface area contributed by atoms with Crippen molar-refractivity contribution in [3.8, 4) is 0 Å². The Balaban J connectivity index is 1.79. The maximum atomic E-state index is 13.2. The second-order valence-corrected chi connectivity index (χ2v) is 6.23. The summed E-state index contributed by atoms with van der Waals surface area (Å²) in [4.78, 5) is 8.58. The highest BCUT2D eigenvalue weighted by Crippen LogP contribution is 2.35. The number of benzene rings is 2. The third-order valence-electron chi connectivity index (χ3n) is 3.92. The molecule has 0 atom stereocenters. The monoisotopic (exact) mass is 372 g/mol. The minimum absolute atomic E-state index is 0.0485. The standard InChI is InChI=1S/C20H19F3N4/c1-13-7-9-15(10-8-13)12-24-19-25-14(2)11-18(27-19)26-17-6-4-3-5-16(17)20(21,22)23/h3-11H,12H2,1-2H3,(H2,24,25,26,27). The lowest BCUT2D eigenvalue weighted by atomic mass is 10.1. The number of nitrogens with one attached hydrogen (secondary N) is 2. The van der Waals surface area contributed by atoms with E-state index in [0.717, 1.165) is 11.6 Å². The Morgan fingerprint density at radius 2 is 1.63 bits per heavy atom. The summed E-state index contributed by atoms with van der Waals surface area (Å²) in [6.45, 7) is 4.29. The molecule has 1 aromatic heterocycles. The second-order valence-electron chi connectivity index (χ2n) is 6.23. The van der Waals surface area contributed by atoms with Crippen molar-refractivity contribution in [3.63, 3.8) is 0 Å². The molecule has 0 fully saturated rings. The van der Waals surface area contributed by atoms with Gasteiger partial charge in [0.1, 0.15) is 5.82 Å². The Morgan fingerprint density at radius 1 is 0.926 bits per heavy atom. The first-order valence-corrected chi connectivity index (χ1v) is 8.39. The summed E-state index contributed by atoms with van der Waals surface area (Å²) in [7, 11) is 0. The molecular weight excluding hydrogens is 353 g/mol. The van der Waals surface area contributed by atoms with Gasteiger partial charge in [0.25, 0.3) is 0 Å². The molecular formula is C20H19F3N4. The number of hydrogen-bond acceptors (Lipinski definition) is 4. The molecule has 0 spiro atoms. The Labute approximate surface area is 155 Å². The van der Waals surface area contributed by atoms with Crippen LogP contribution in [0, 0.1) is 13.8 Å². The molecule has 1 heterocycles. The van der Waals surface area contributed by atoms with E-state index in [-0.39, 0.29) is 5.69 Å². The van der Waals surface area contributed by atoms with E-state index < -0.39 is 11.7 Å². The number of aryl methyl sites for hydroxylation is 2. The van der Waals surface area contributed by atoms with Gasteiger partial charge < -0.3 is 10.6 Å². The topological polar surface area (TPSA) is 49.8 Å². The van der Waals surface area contributed by atoms with Crippen molar-refractivity contribution in [2.75, 3.05) is 10.6 Å². The lowest BCUT2D eigenvalue weighted by molar-refractivity contribution is -0.136. The van der Waals surface area contributed by atoms with Crippen LogP contribution in [-0.2, 0) is 12.7 Å². The molecule has 140 valence electrons. The Hall–Kier alpha value is -3.09. The van der Waals surface area contributed by atoms with Gasteiger partial charge in [-0.15, -0.1) is 0 Å². The van der Waals surface area contributed by atoms with Crippen molar-refractivity contribution < 1.29 is 13.2 Å². The highest BCUT2D eigenvalue weighted by molar-refractivity contribution is 5.62. The largest absolute Gasteiger partial charge is 0.418 e. The normalized spacial score (nSPS) is 11.3. The lowest BCUT2D eigenvalue weighted by Gasteiger charge is -2.15. The van der Waals surface area contributed by atoms with Gasteiger partial charge in [0.05, 0.1) is 11.3 Å². The van der Waals surface area contributed by atoms with E-state index in [9.17, 15) is 13.2 Å². The molecule has 0 amide bonds. The summed E-state index contributed by atoms with van der Waals surface area (Å²) >= 11 is 0. The molecule has 0 saturated carbocycles. The van der Waals surface area contributed by atoms with Crippen LogP contribution in [0.1, 0.15) is 22.4 Å². The predicted octanol–water partition coefficient (Wildman–Crippen LogP) is 5.47. The van der Waals surface area contributed by atoms with Crippen molar-refractivity contribution in [2.45, 2.75) is 26.6 Å². The molecule has 27 heavy (non-hydrogen) atoms. The predicted molar refractivity (Wildman–Crippen MR) is 100 cm³/mol. The van der Waals surface area contributed by atoms with Crippen LogP contribution in [0.3, 0.4) is 0 Å². The summed E-state index contributed by atoms with van der Waals surface area (Å²) in [5.41, 5.74) is 2.08. The van der Waals surface area contributed by atoms with Gasteiger partial charge in [-0.25, -0.2) is 4.98 Å². The summed E-state index contributed by atoms with van der Waals surface area (Å²) in [5.74, 6) is 0.646. The van der Waals surface area contributed by atoms with Crippen molar-refractivity contribution in [2.24, 2.45) is 0 Å². The van der Waals surface area contributed by atoms with Crippen LogP contribution in [0.2, 0.25) is 0 Å². The number of hydrogen-bond donors (Lipinski definition) is 2. The Kier molecular flexibility index (Phi) is 5.30. The number of aromatic nitrogens is 2. The average molecular weight is 372 g/mol. The maximum absolute atomic E-state index is 13.2. The maximum Gasteiger partial charge on any atom is 0.418 e. The van der Waals surface area contributed by atoms with Gasteiger partial charge in [-0.05, 0) is 31.5 Å². The van der Waals surface area contributed by atoms with Gasteiger partial charge in [0.2, 0.25) is 5.95 Å². The van der Waals surface area contributed by atoms with Crippen molar-refractivity contribution in [1.29, 1.82) is 0 Å². The first-order chi connectivity index (χ1) is 12.8. The summed E-state index contributed by atoms with van der Waals surface area (Å²) in [5, 5.41) is 5.86. The van der Waals surface area contributed by atoms with Crippen LogP contribution >= 0.6 is 0 Å². The molecule has 0 aliphatic carbocycles. The summed E-state index contributed by atoms with van der Waals surface area (Å²) < 4.78 is 39.5. The number of alkyl halides is 3. The van der Waals surface area contributed by atoms with Gasteiger partial charge in [-0.3, -0.25) is 0 Å². The highest BCUT2D eigenvalue weighted by Gasteiger charge is 2.33. The van der Waals surface area contributed by atoms with Gasteiger partial charge >= 0.3 is 6.18 Å². The molecule has 0 radical (unpaired) electrons. The number of rotatable bonds is 5. The Bertz CT molecular complexity index is 921. The first kappa shape index (κ1) is 18.7. The molecule has 0 unspecified atom stereocenters. The first-order valence-electron chi connectivity index (χ1n) is 8.39. The molecule has 3 rings (SSSR count). The number of halogens is 3. The molecule has 0 saturated heterocycles. The smallest absolute Gasteiger partial charge is 0.350 e. The zero-order valence-electron chi connectivity index (χ0n) is 14.9. The zero-order valence-corrected chi connectivity index (χ0v) is 14.9. The fourth-order valence-electron chi connectivity index (χ4n) is 2.58. The van der Waals surface area contributed by atoms with Crippen molar-refractivity contribution >= 4 is 17.5 Å². The zero-order chi connectivity index (χ0) is 19.4. The van der Waals surface area contributed by atoms with E-state index in [2.05, 4.69) is 20.6 Å². The lowest BCUT2D eigenvalue weighted by Crippen LogP contribution is -2.10. The van der Waals surface area contributed by atoms with Gasteiger partial charge in [-0.2, -0.15) is 18.2 Å². The third kappa shape index (κ3) is 4.97. The van der Waals surface area contributed by atoms with Crippen LogP contribution < -0.4 is 10.6 Å². The van der Waals surface area contributed by atoms with Crippen molar-refractivity contribution in [1.82, 2.24) is 9.97 Å². The molecule has 0 aliphatic heterocycles. The fraction of sp³-hybridized carbons (Fsp3) is 0.200. The van der Waals surface area contributed by atoms with E-state index in [1.807, 2.05) is 31.2 Å².